The van der Waals surface area contributed by atoms with Gasteiger partial charge in [0.1, 0.15) is 5.75 Å². The monoisotopic (exact) mass is 275 g/mol. The lowest BCUT2D eigenvalue weighted by Crippen LogP contribution is -2.40. The van der Waals surface area contributed by atoms with E-state index in [0.717, 1.165) is 12.2 Å². The fraction of sp³-hybridized carbons (Fsp3) is 0.667. The third-order valence-electron chi connectivity index (χ3n) is 4.40. The third kappa shape index (κ3) is 4.24. The van der Waals surface area contributed by atoms with E-state index >= 15 is 0 Å². The molecular formula is C18H29NO. The van der Waals surface area contributed by atoms with E-state index in [4.69, 9.17) is 4.74 Å². The van der Waals surface area contributed by atoms with E-state index in [0.29, 0.717) is 12.1 Å². The largest absolute Gasteiger partial charge is 0.497 e. The summed E-state index contributed by atoms with van der Waals surface area (Å²) in [6.45, 7) is 4.60. The smallest absolute Gasteiger partial charge is 0.119 e. The van der Waals surface area contributed by atoms with Gasteiger partial charge in [-0.25, -0.2) is 0 Å². The van der Waals surface area contributed by atoms with Gasteiger partial charge in [0.25, 0.3) is 0 Å². The fourth-order valence-electron chi connectivity index (χ4n) is 3.19. The SMILES string of the molecule is CCCCCC(C)NC1CCc2ccc(OC)cc2C1. The molecule has 0 radical (unpaired) electrons. The zero-order chi connectivity index (χ0) is 14.4. The fourth-order valence-corrected chi connectivity index (χ4v) is 3.19. The van der Waals surface area contributed by atoms with E-state index in [1.165, 1.54) is 49.7 Å². The first kappa shape index (κ1) is 15.4. The number of fused-ring (bicyclic) bond motifs is 1. The van der Waals surface area contributed by atoms with Crippen molar-refractivity contribution in [3.05, 3.63) is 29.3 Å². The topological polar surface area (TPSA) is 21.3 Å². The second-order valence-electron chi connectivity index (χ2n) is 6.14. The molecule has 1 N–H and O–H groups in total. The molecule has 0 aliphatic heterocycles. The van der Waals surface area contributed by atoms with Gasteiger partial charge in [-0.1, -0.05) is 32.3 Å². The van der Waals surface area contributed by atoms with E-state index in [1.807, 2.05) is 0 Å². The summed E-state index contributed by atoms with van der Waals surface area (Å²) in [4.78, 5) is 0. The summed E-state index contributed by atoms with van der Waals surface area (Å²) in [5, 5.41) is 3.82. The second-order valence-corrected chi connectivity index (χ2v) is 6.14. The molecule has 112 valence electrons. The first-order valence-corrected chi connectivity index (χ1v) is 8.14. The molecule has 0 aromatic heterocycles. The number of benzene rings is 1. The Morgan fingerprint density at radius 1 is 1.30 bits per heavy atom. The van der Waals surface area contributed by atoms with Crippen LogP contribution in [0.15, 0.2) is 18.2 Å². The summed E-state index contributed by atoms with van der Waals surface area (Å²) >= 11 is 0. The normalized spacial score (nSPS) is 19.4. The Balaban J connectivity index is 1.86. The van der Waals surface area contributed by atoms with Crippen LogP contribution in [0.25, 0.3) is 0 Å². The van der Waals surface area contributed by atoms with E-state index in [2.05, 4.69) is 37.4 Å². The van der Waals surface area contributed by atoms with Crippen LogP contribution in [-0.4, -0.2) is 19.2 Å². The molecule has 2 heteroatoms. The van der Waals surface area contributed by atoms with Gasteiger partial charge in [0.2, 0.25) is 0 Å². The number of methoxy groups -OCH3 is 1. The zero-order valence-electron chi connectivity index (χ0n) is 13.2. The molecule has 0 spiro atoms. The van der Waals surface area contributed by atoms with Crippen LogP contribution in [0.3, 0.4) is 0 Å². The quantitative estimate of drug-likeness (QED) is 0.756. The highest BCUT2D eigenvalue weighted by atomic mass is 16.5. The minimum Gasteiger partial charge on any atom is -0.497 e. The third-order valence-corrected chi connectivity index (χ3v) is 4.40. The molecular weight excluding hydrogens is 246 g/mol. The maximum atomic E-state index is 5.34. The van der Waals surface area contributed by atoms with Crippen molar-refractivity contribution in [3.8, 4) is 5.75 Å². The highest BCUT2D eigenvalue weighted by molar-refractivity contribution is 5.37. The number of unbranched alkanes of at least 4 members (excludes halogenated alkanes) is 2. The molecule has 0 bridgehead atoms. The van der Waals surface area contributed by atoms with Gasteiger partial charge in [0.15, 0.2) is 0 Å². The molecule has 2 unspecified atom stereocenters. The van der Waals surface area contributed by atoms with Crippen molar-refractivity contribution >= 4 is 0 Å². The molecule has 20 heavy (non-hydrogen) atoms. The average Bonchev–Trinajstić information content (AvgIpc) is 2.46. The Bertz CT molecular complexity index is 416. The van der Waals surface area contributed by atoms with Gasteiger partial charge in [-0.3, -0.25) is 0 Å². The molecule has 1 aromatic carbocycles. The predicted molar refractivity (Wildman–Crippen MR) is 85.5 cm³/mol. The van der Waals surface area contributed by atoms with Gasteiger partial charge in [-0.05, 0) is 55.9 Å². The van der Waals surface area contributed by atoms with Crippen molar-refractivity contribution in [2.45, 2.75) is 70.9 Å². The molecule has 1 aliphatic carbocycles. The summed E-state index contributed by atoms with van der Waals surface area (Å²) in [7, 11) is 1.75. The van der Waals surface area contributed by atoms with Crippen LogP contribution < -0.4 is 10.1 Å². The lowest BCUT2D eigenvalue weighted by molar-refractivity contribution is 0.383. The van der Waals surface area contributed by atoms with Crippen LogP contribution in [0, 0.1) is 0 Å². The summed E-state index contributed by atoms with van der Waals surface area (Å²) in [5.41, 5.74) is 2.97. The second kappa shape index (κ2) is 7.68. The lowest BCUT2D eigenvalue weighted by Gasteiger charge is -2.28. The molecule has 0 fully saturated rings. The first-order valence-electron chi connectivity index (χ1n) is 8.14. The van der Waals surface area contributed by atoms with Crippen LogP contribution in [-0.2, 0) is 12.8 Å². The van der Waals surface area contributed by atoms with E-state index in [9.17, 15) is 0 Å². The van der Waals surface area contributed by atoms with Crippen LogP contribution in [0.1, 0.15) is 57.1 Å². The van der Waals surface area contributed by atoms with Gasteiger partial charge in [-0.2, -0.15) is 0 Å². The number of rotatable bonds is 7. The van der Waals surface area contributed by atoms with Crippen molar-refractivity contribution in [2.24, 2.45) is 0 Å². The maximum absolute atomic E-state index is 5.34. The number of hydrogen-bond acceptors (Lipinski definition) is 2. The van der Waals surface area contributed by atoms with Gasteiger partial charge in [0, 0.05) is 12.1 Å². The summed E-state index contributed by atoms with van der Waals surface area (Å²) < 4.78 is 5.34. The van der Waals surface area contributed by atoms with Crippen molar-refractivity contribution in [1.29, 1.82) is 0 Å². The molecule has 2 atom stereocenters. The number of ether oxygens (including phenoxy) is 1. The average molecular weight is 275 g/mol. The molecule has 1 aromatic rings. The van der Waals surface area contributed by atoms with E-state index in [-0.39, 0.29) is 0 Å². The van der Waals surface area contributed by atoms with Gasteiger partial charge in [-0.15, -0.1) is 0 Å². The zero-order valence-corrected chi connectivity index (χ0v) is 13.2. The predicted octanol–water partition coefficient (Wildman–Crippen LogP) is 4.11. The number of nitrogens with one attached hydrogen (secondary N) is 1. The van der Waals surface area contributed by atoms with Crippen LogP contribution in [0.5, 0.6) is 5.75 Å². The Morgan fingerprint density at radius 3 is 2.90 bits per heavy atom. The molecule has 0 heterocycles. The standard InChI is InChI=1S/C18H29NO/c1-4-5-6-7-14(2)19-17-10-8-15-9-11-18(20-3)13-16(15)12-17/h9,11,13-14,17,19H,4-8,10,12H2,1-3H3. The van der Waals surface area contributed by atoms with E-state index < -0.39 is 0 Å². The van der Waals surface area contributed by atoms with Crippen LogP contribution in [0.4, 0.5) is 0 Å². The summed E-state index contributed by atoms with van der Waals surface area (Å²) in [5.74, 6) is 0.986. The molecule has 2 nitrogen and oxygen atoms in total. The number of hydrogen-bond donors (Lipinski definition) is 1. The van der Waals surface area contributed by atoms with Gasteiger partial charge >= 0.3 is 0 Å². The Morgan fingerprint density at radius 2 is 2.15 bits per heavy atom. The maximum Gasteiger partial charge on any atom is 0.119 e. The van der Waals surface area contributed by atoms with Gasteiger partial charge < -0.3 is 10.1 Å². The number of aryl methyl sites for hydroxylation is 1. The van der Waals surface area contributed by atoms with Crippen LogP contribution in [0.2, 0.25) is 0 Å². The van der Waals surface area contributed by atoms with Crippen molar-refractivity contribution in [3.63, 3.8) is 0 Å². The summed E-state index contributed by atoms with van der Waals surface area (Å²) in [6, 6.07) is 7.80. The minimum absolute atomic E-state index is 0.631. The van der Waals surface area contributed by atoms with Gasteiger partial charge in [0.05, 0.1) is 7.11 Å². The van der Waals surface area contributed by atoms with Crippen molar-refractivity contribution in [1.82, 2.24) is 5.32 Å². The minimum atomic E-state index is 0.631. The Kier molecular flexibility index (Phi) is 5.90. The molecule has 0 saturated heterocycles. The molecule has 0 saturated carbocycles. The molecule has 2 rings (SSSR count). The highest BCUT2D eigenvalue weighted by Gasteiger charge is 2.20. The molecule has 0 amide bonds. The lowest BCUT2D eigenvalue weighted by atomic mass is 9.87. The van der Waals surface area contributed by atoms with Crippen molar-refractivity contribution in [2.75, 3.05) is 7.11 Å². The van der Waals surface area contributed by atoms with Crippen LogP contribution >= 0.6 is 0 Å². The van der Waals surface area contributed by atoms with Crippen molar-refractivity contribution < 1.29 is 4.74 Å². The summed E-state index contributed by atoms with van der Waals surface area (Å²) in [6.07, 6.45) is 8.91. The first-order chi connectivity index (χ1) is 9.72. The Labute approximate surface area is 123 Å². The highest BCUT2D eigenvalue weighted by Crippen LogP contribution is 2.26. The molecule has 1 aliphatic rings. The Hall–Kier alpha value is -1.02. The van der Waals surface area contributed by atoms with E-state index in [1.54, 1.807) is 7.11 Å².